The Morgan fingerprint density at radius 2 is 1.76 bits per heavy atom. The van der Waals surface area contributed by atoms with Crippen LogP contribution in [0.25, 0.3) is 0 Å². The number of nitrogens with zero attached hydrogens (tertiary/aromatic N) is 1. The van der Waals surface area contributed by atoms with E-state index in [9.17, 15) is 13.2 Å². The van der Waals surface area contributed by atoms with Gasteiger partial charge < -0.3 is 19.5 Å². The van der Waals surface area contributed by atoms with Crippen molar-refractivity contribution < 1.29 is 27.4 Å². The lowest BCUT2D eigenvalue weighted by Gasteiger charge is -2.20. The van der Waals surface area contributed by atoms with E-state index in [4.69, 9.17) is 14.2 Å². The summed E-state index contributed by atoms with van der Waals surface area (Å²) in [6.45, 7) is 5.06. The second-order valence-electron chi connectivity index (χ2n) is 6.27. The maximum absolute atomic E-state index is 13.0. The monoisotopic (exact) mass is 420 g/mol. The predicted octanol–water partition coefficient (Wildman–Crippen LogP) is 2.75. The molecule has 0 aliphatic carbocycles. The van der Waals surface area contributed by atoms with Gasteiger partial charge in [-0.2, -0.15) is 4.31 Å². The number of methoxy groups -OCH3 is 1. The summed E-state index contributed by atoms with van der Waals surface area (Å²) in [4.78, 5) is 12.7. The van der Waals surface area contributed by atoms with Crippen molar-refractivity contribution in [3.63, 3.8) is 0 Å². The highest BCUT2D eigenvalue weighted by Crippen LogP contribution is 2.33. The topological polar surface area (TPSA) is 94.2 Å². The molecule has 0 spiro atoms. The number of ether oxygens (including phenoxy) is 3. The van der Waals surface area contributed by atoms with Gasteiger partial charge in [0.15, 0.2) is 11.5 Å². The minimum Gasteiger partial charge on any atom is -0.495 e. The second-order valence-corrected chi connectivity index (χ2v) is 8.17. The van der Waals surface area contributed by atoms with Crippen molar-refractivity contribution in [3.05, 3.63) is 42.0 Å². The van der Waals surface area contributed by atoms with Crippen molar-refractivity contribution >= 4 is 21.6 Å². The quantitative estimate of drug-likeness (QED) is 0.740. The van der Waals surface area contributed by atoms with Crippen LogP contribution in [0, 0.1) is 0 Å². The Morgan fingerprint density at radius 3 is 2.41 bits per heavy atom. The number of hydrogen-bond donors (Lipinski definition) is 1. The molecule has 0 radical (unpaired) electrons. The lowest BCUT2D eigenvalue weighted by Crippen LogP contribution is -2.31. The zero-order chi connectivity index (χ0) is 21.0. The van der Waals surface area contributed by atoms with Crippen LogP contribution in [-0.2, 0) is 10.0 Å². The molecular weight excluding hydrogens is 396 g/mol. The molecule has 8 nitrogen and oxygen atoms in total. The Morgan fingerprint density at radius 1 is 1.07 bits per heavy atom. The third-order valence-corrected chi connectivity index (χ3v) is 6.62. The molecule has 2 aromatic rings. The Kier molecular flexibility index (Phi) is 6.29. The van der Waals surface area contributed by atoms with Gasteiger partial charge in [-0.25, -0.2) is 8.42 Å². The molecule has 1 aliphatic heterocycles. The summed E-state index contributed by atoms with van der Waals surface area (Å²) >= 11 is 0. The second kappa shape index (κ2) is 8.71. The smallest absolute Gasteiger partial charge is 0.255 e. The van der Waals surface area contributed by atoms with Crippen LogP contribution < -0.4 is 19.5 Å². The largest absolute Gasteiger partial charge is 0.495 e. The zero-order valence-electron chi connectivity index (χ0n) is 16.6. The van der Waals surface area contributed by atoms with Crippen LogP contribution in [0.1, 0.15) is 24.2 Å². The molecule has 0 saturated heterocycles. The van der Waals surface area contributed by atoms with Gasteiger partial charge in [-0.15, -0.1) is 0 Å². The molecular formula is C20H24N2O6S. The number of benzene rings is 2. The maximum Gasteiger partial charge on any atom is 0.255 e. The molecule has 0 saturated carbocycles. The van der Waals surface area contributed by atoms with Crippen molar-refractivity contribution in [1.29, 1.82) is 0 Å². The molecule has 0 unspecified atom stereocenters. The number of carbonyl (C=O) groups is 1. The molecule has 1 aliphatic rings. The van der Waals surface area contributed by atoms with Gasteiger partial charge in [-0.05, 0) is 30.3 Å². The fourth-order valence-electron chi connectivity index (χ4n) is 3.05. The first-order chi connectivity index (χ1) is 13.9. The van der Waals surface area contributed by atoms with Gasteiger partial charge in [-0.1, -0.05) is 13.8 Å². The van der Waals surface area contributed by atoms with Crippen LogP contribution in [0.4, 0.5) is 5.69 Å². The molecule has 2 aromatic carbocycles. The van der Waals surface area contributed by atoms with Crippen LogP contribution in [0.3, 0.4) is 0 Å². The van der Waals surface area contributed by atoms with Crippen molar-refractivity contribution in [2.75, 3.05) is 38.7 Å². The molecule has 0 aromatic heterocycles. The van der Waals surface area contributed by atoms with Crippen molar-refractivity contribution in [1.82, 2.24) is 4.31 Å². The summed E-state index contributed by atoms with van der Waals surface area (Å²) in [5.74, 6) is 0.910. The number of sulfonamides is 1. The first-order valence-electron chi connectivity index (χ1n) is 9.29. The number of fused-ring (bicyclic) bond motifs is 1. The Labute approximate surface area is 170 Å². The summed E-state index contributed by atoms with van der Waals surface area (Å²) in [5, 5.41) is 2.76. The molecule has 1 N–H and O–H groups in total. The van der Waals surface area contributed by atoms with Gasteiger partial charge in [0.25, 0.3) is 5.91 Å². The highest BCUT2D eigenvalue weighted by atomic mass is 32.2. The molecule has 0 fully saturated rings. The molecule has 9 heteroatoms. The van der Waals surface area contributed by atoms with Crippen LogP contribution in [0.15, 0.2) is 41.3 Å². The Bertz CT molecular complexity index is 1000. The molecule has 3 rings (SSSR count). The number of carbonyl (C=O) groups excluding carboxylic acids is 1. The fourth-order valence-corrected chi connectivity index (χ4v) is 4.69. The number of anilines is 1. The average molecular weight is 420 g/mol. The Balaban J connectivity index is 1.90. The van der Waals surface area contributed by atoms with E-state index in [0.717, 1.165) is 0 Å². The summed E-state index contributed by atoms with van der Waals surface area (Å²) in [6, 6.07) is 9.42. The average Bonchev–Trinajstić information content (AvgIpc) is 2.73. The van der Waals surface area contributed by atoms with Gasteiger partial charge in [0.05, 0.1) is 7.11 Å². The predicted molar refractivity (Wildman–Crippen MR) is 108 cm³/mol. The first kappa shape index (κ1) is 20.9. The number of nitrogens with one attached hydrogen (secondary N) is 1. The van der Waals surface area contributed by atoms with E-state index in [2.05, 4.69) is 5.32 Å². The maximum atomic E-state index is 13.0. The van der Waals surface area contributed by atoms with Crippen LogP contribution >= 0.6 is 0 Å². The van der Waals surface area contributed by atoms with E-state index in [1.165, 1.54) is 29.6 Å². The van der Waals surface area contributed by atoms with E-state index >= 15 is 0 Å². The summed E-state index contributed by atoms with van der Waals surface area (Å²) in [6.07, 6.45) is 0. The van der Waals surface area contributed by atoms with Crippen molar-refractivity contribution in [2.45, 2.75) is 18.7 Å². The highest BCUT2D eigenvalue weighted by Gasteiger charge is 2.27. The van der Waals surface area contributed by atoms with E-state index in [1.54, 1.807) is 32.0 Å². The Hall–Kier alpha value is -2.78. The molecule has 29 heavy (non-hydrogen) atoms. The lowest BCUT2D eigenvalue weighted by molar-refractivity contribution is 0.102. The zero-order valence-corrected chi connectivity index (χ0v) is 17.4. The SMILES string of the molecule is CCN(CC)S(=O)(=O)c1cc(C(=O)Nc2ccc3c(c2)OCCO3)ccc1OC. The lowest BCUT2D eigenvalue weighted by atomic mass is 10.2. The van der Waals surface area contributed by atoms with Crippen LogP contribution in [0.2, 0.25) is 0 Å². The molecule has 0 atom stereocenters. The number of amides is 1. The third-order valence-electron chi connectivity index (χ3n) is 4.55. The normalized spacial score (nSPS) is 13.2. The standard InChI is InChI=1S/C20H24N2O6S/c1-4-22(5-2)29(24,25)19-12-14(6-8-17(19)26-3)20(23)21-15-7-9-16-18(13-15)28-11-10-27-16/h6-9,12-13H,4-5,10-11H2,1-3H3,(H,21,23). The van der Waals surface area contributed by atoms with E-state index in [0.29, 0.717) is 43.5 Å². The van der Waals surface area contributed by atoms with E-state index in [-0.39, 0.29) is 16.2 Å². The first-order valence-corrected chi connectivity index (χ1v) is 10.7. The van der Waals surface area contributed by atoms with Gasteiger partial charge in [0, 0.05) is 30.4 Å². The van der Waals surface area contributed by atoms with E-state index < -0.39 is 15.9 Å². The van der Waals surface area contributed by atoms with Gasteiger partial charge in [0.1, 0.15) is 23.9 Å². The van der Waals surface area contributed by atoms with Crippen molar-refractivity contribution in [3.8, 4) is 17.2 Å². The molecule has 156 valence electrons. The minimum absolute atomic E-state index is 0.0430. The van der Waals surface area contributed by atoms with Gasteiger partial charge >= 0.3 is 0 Å². The van der Waals surface area contributed by atoms with Crippen LogP contribution in [0.5, 0.6) is 17.2 Å². The summed E-state index contributed by atoms with van der Waals surface area (Å²) < 4.78 is 43.4. The van der Waals surface area contributed by atoms with Gasteiger partial charge in [-0.3, -0.25) is 4.79 Å². The third kappa shape index (κ3) is 4.30. The fraction of sp³-hybridized carbons (Fsp3) is 0.350. The molecule has 1 amide bonds. The van der Waals surface area contributed by atoms with E-state index in [1.807, 2.05) is 0 Å². The number of rotatable bonds is 7. The molecule has 0 bridgehead atoms. The number of hydrogen-bond acceptors (Lipinski definition) is 6. The summed E-state index contributed by atoms with van der Waals surface area (Å²) in [7, 11) is -2.40. The van der Waals surface area contributed by atoms with Crippen molar-refractivity contribution in [2.24, 2.45) is 0 Å². The molecule has 1 heterocycles. The van der Waals surface area contributed by atoms with Crippen LogP contribution in [-0.4, -0.2) is 52.0 Å². The minimum atomic E-state index is -3.79. The van der Waals surface area contributed by atoms with Gasteiger partial charge in [0.2, 0.25) is 10.0 Å². The highest BCUT2D eigenvalue weighted by molar-refractivity contribution is 7.89. The summed E-state index contributed by atoms with van der Waals surface area (Å²) in [5.41, 5.74) is 0.717.